The Hall–Kier alpha value is -0.120. The molecule has 0 heterocycles. The molecule has 0 aliphatic rings. The van der Waals surface area contributed by atoms with E-state index in [1.165, 1.54) is 0 Å². The van der Waals surface area contributed by atoms with E-state index in [0.717, 1.165) is 0 Å². The highest BCUT2D eigenvalue weighted by Crippen LogP contribution is 1.46. The van der Waals surface area contributed by atoms with Gasteiger partial charge in [0.25, 0.3) is 0 Å². The van der Waals surface area contributed by atoms with Gasteiger partial charge in [-0.15, -0.1) is 0 Å². The molecule has 0 bridgehead atoms. The molecule has 3 nitrogen and oxygen atoms in total. The summed E-state index contributed by atoms with van der Waals surface area (Å²) in [6, 6.07) is 0. The standard InChI is InChI=1S/C2H7NO.H2O/c1-2-4-3;/h2-3H2,1H3;1H2. The molecule has 0 amide bonds. The van der Waals surface area contributed by atoms with Gasteiger partial charge in [0.2, 0.25) is 0 Å². The zero-order valence-electron chi connectivity index (χ0n) is 3.19. The molecule has 0 unspecified atom stereocenters. The van der Waals surface area contributed by atoms with Gasteiger partial charge < -0.3 is 10.3 Å². The molecule has 3 heteroatoms. The summed E-state index contributed by atoms with van der Waals surface area (Å²) in [5, 5.41) is 0. The van der Waals surface area contributed by atoms with Crippen LogP contribution in [0.3, 0.4) is 0 Å². The average Bonchev–Trinajstić information content (AvgIpc) is 1.37. The van der Waals surface area contributed by atoms with Crippen LogP contribution >= 0.6 is 0 Å². The number of hydrogen-bond acceptors (Lipinski definition) is 2. The predicted molar refractivity (Wildman–Crippen MR) is 19.4 cm³/mol. The Kier molecular flexibility index (Phi) is 16.1. The molecule has 0 saturated carbocycles. The average molecular weight is 79.1 g/mol. The molecule has 0 aliphatic carbocycles. The van der Waals surface area contributed by atoms with E-state index in [4.69, 9.17) is 0 Å². The van der Waals surface area contributed by atoms with Crippen molar-refractivity contribution in [2.24, 2.45) is 5.90 Å². The van der Waals surface area contributed by atoms with Crippen molar-refractivity contribution in [3.05, 3.63) is 0 Å². The molecule has 34 valence electrons. The van der Waals surface area contributed by atoms with Crippen molar-refractivity contribution in [1.82, 2.24) is 0 Å². The Balaban J connectivity index is 0. The van der Waals surface area contributed by atoms with Gasteiger partial charge in [-0.05, 0) is 6.92 Å². The maximum absolute atomic E-state index is 4.53. The molecular weight excluding hydrogens is 70.0 g/mol. The molecule has 0 aromatic heterocycles. The van der Waals surface area contributed by atoms with Crippen molar-refractivity contribution in [2.45, 2.75) is 6.92 Å². The monoisotopic (exact) mass is 79.1 g/mol. The van der Waals surface area contributed by atoms with Gasteiger partial charge in [-0.2, -0.15) is 0 Å². The zero-order valence-corrected chi connectivity index (χ0v) is 3.19. The van der Waals surface area contributed by atoms with Gasteiger partial charge >= 0.3 is 0 Å². The molecule has 0 aromatic rings. The third-order valence-corrected chi connectivity index (χ3v) is 0.167. The minimum Gasteiger partial charge on any atom is -0.412 e. The van der Waals surface area contributed by atoms with Crippen molar-refractivity contribution in [1.29, 1.82) is 0 Å². The van der Waals surface area contributed by atoms with Crippen LogP contribution in [0.2, 0.25) is 0 Å². The van der Waals surface area contributed by atoms with Crippen molar-refractivity contribution < 1.29 is 10.3 Å². The van der Waals surface area contributed by atoms with E-state index >= 15 is 0 Å². The Bertz CT molecular complexity index is 9.61. The van der Waals surface area contributed by atoms with E-state index in [1.807, 2.05) is 6.92 Å². The molecule has 0 radical (unpaired) electrons. The Morgan fingerprint density at radius 2 is 2.00 bits per heavy atom. The van der Waals surface area contributed by atoms with Crippen LogP contribution in [0.5, 0.6) is 0 Å². The second-order valence-corrected chi connectivity index (χ2v) is 0.455. The molecule has 4 N–H and O–H groups in total. The molecule has 0 aromatic carbocycles. The van der Waals surface area contributed by atoms with E-state index in [2.05, 4.69) is 10.7 Å². The first-order chi connectivity index (χ1) is 1.91. The van der Waals surface area contributed by atoms with E-state index in [-0.39, 0.29) is 5.48 Å². The summed E-state index contributed by atoms with van der Waals surface area (Å²) in [7, 11) is 0. The van der Waals surface area contributed by atoms with Gasteiger partial charge in [-0.3, -0.25) is 0 Å². The lowest BCUT2D eigenvalue weighted by molar-refractivity contribution is 0.152. The van der Waals surface area contributed by atoms with E-state index in [0.29, 0.717) is 6.61 Å². The first-order valence-electron chi connectivity index (χ1n) is 1.23. The second kappa shape index (κ2) is 9.11. The van der Waals surface area contributed by atoms with Gasteiger partial charge in [0.05, 0.1) is 6.61 Å². The third-order valence-electron chi connectivity index (χ3n) is 0.167. The third kappa shape index (κ3) is 17.7. The minimum absolute atomic E-state index is 0. The van der Waals surface area contributed by atoms with E-state index < -0.39 is 0 Å². The summed E-state index contributed by atoms with van der Waals surface area (Å²) in [6.07, 6.45) is 0. The molecular formula is C2H9NO2. The fourth-order valence-corrected chi connectivity index (χ4v) is 0. The van der Waals surface area contributed by atoms with Crippen LogP contribution in [0.15, 0.2) is 0 Å². The summed E-state index contributed by atoms with van der Waals surface area (Å²) in [4.78, 5) is 4.04. The summed E-state index contributed by atoms with van der Waals surface area (Å²) in [5.41, 5.74) is 0. The quantitative estimate of drug-likeness (QED) is 0.413. The molecule has 0 rings (SSSR count). The number of rotatable bonds is 1. The highest BCUT2D eigenvalue weighted by molar-refractivity contribution is 3.91. The second-order valence-electron chi connectivity index (χ2n) is 0.455. The van der Waals surface area contributed by atoms with E-state index in [9.17, 15) is 0 Å². The van der Waals surface area contributed by atoms with Crippen molar-refractivity contribution in [2.75, 3.05) is 6.61 Å². The van der Waals surface area contributed by atoms with Crippen LogP contribution in [0.4, 0.5) is 0 Å². The first kappa shape index (κ1) is 8.86. The SMILES string of the molecule is CCON.O. The molecule has 0 aliphatic heterocycles. The van der Waals surface area contributed by atoms with Crippen LogP contribution < -0.4 is 5.90 Å². The van der Waals surface area contributed by atoms with Crippen LogP contribution in [0.25, 0.3) is 0 Å². The molecule has 0 fully saturated rings. The van der Waals surface area contributed by atoms with Crippen molar-refractivity contribution in [3.8, 4) is 0 Å². The van der Waals surface area contributed by atoms with Crippen LogP contribution in [-0.2, 0) is 4.84 Å². The maximum Gasteiger partial charge on any atom is 0.0651 e. The fraction of sp³-hybridized carbons (Fsp3) is 1.00. The van der Waals surface area contributed by atoms with Crippen molar-refractivity contribution >= 4 is 0 Å². The van der Waals surface area contributed by atoms with Crippen LogP contribution in [-0.4, -0.2) is 12.1 Å². The topological polar surface area (TPSA) is 66.8 Å². The van der Waals surface area contributed by atoms with Gasteiger partial charge in [0, 0.05) is 0 Å². The lowest BCUT2D eigenvalue weighted by Gasteiger charge is -1.76. The lowest BCUT2D eigenvalue weighted by Crippen LogP contribution is -1.94. The summed E-state index contributed by atoms with van der Waals surface area (Å²) in [6.45, 7) is 2.43. The summed E-state index contributed by atoms with van der Waals surface area (Å²) in [5.74, 6) is 4.53. The van der Waals surface area contributed by atoms with Crippen LogP contribution in [0.1, 0.15) is 6.92 Å². The van der Waals surface area contributed by atoms with Gasteiger partial charge in [-0.25, -0.2) is 5.90 Å². The van der Waals surface area contributed by atoms with Gasteiger partial charge in [0.15, 0.2) is 0 Å². The molecule has 5 heavy (non-hydrogen) atoms. The largest absolute Gasteiger partial charge is 0.412 e. The predicted octanol–water partition coefficient (Wildman–Crippen LogP) is -0.928. The first-order valence-corrected chi connectivity index (χ1v) is 1.23. The number of nitrogens with two attached hydrogens (primary N) is 1. The molecule has 0 saturated heterocycles. The number of hydrogen-bond donors (Lipinski definition) is 1. The Morgan fingerprint density at radius 1 is 1.80 bits per heavy atom. The highest BCUT2D eigenvalue weighted by atomic mass is 16.6. The van der Waals surface area contributed by atoms with Gasteiger partial charge in [-0.1, -0.05) is 0 Å². The van der Waals surface area contributed by atoms with Crippen molar-refractivity contribution in [3.63, 3.8) is 0 Å². The summed E-state index contributed by atoms with van der Waals surface area (Å²) >= 11 is 0. The fourth-order valence-electron chi connectivity index (χ4n) is 0. The van der Waals surface area contributed by atoms with Gasteiger partial charge in [0.1, 0.15) is 0 Å². The smallest absolute Gasteiger partial charge is 0.0651 e. The normalized spacial score (nSPS) is 6.00. The zero-order chi connectivity index (χ0) is 3.41. The maximum atomic E-state index is 4.53. The molecule has 0 spiro atoms. The lowest BCUT2D eigenvalue weighted by atomic mass is 10.9. The molecule has 0 atom stereocenters. The minimum atomic E-state index is 0. The van der Waals surface area contributed by atoms with Crippen LogP contribution in [0, 0.1) is 0 Å². The van der Waals surface area contributed by atoms with E-state index in [1.54, 1.807) is 0 Å². The Labute approximate surface area is 31.0 Å². The highest BCUT2D eigenvalue weighted by Gasteiger charge is 1.52. The summed E-state index contributed by atoms with van der Waals surface area (Å²) < 4.78 is 0. The Morgan fingerprint density at radius 3 is 2.00 bits per heavy atom.